The SMILES string of the molecule is CCCCC=CC(C)[O]. The van der Waals surface area contributed by atoms with Gasteiger partial charge in [-0.3, -0.25) is 0 Å². The number of hydrogen-bond donors (Lipinski definition) is 0. The number of hydrogen-bond acceptors (Lipinski definition) is 0. The van der Waals surface area contributed by atoms with E-state index in [0.29, 0.717) is 0 Å². The molecular formula is C8H15O. The van der Waals surface area contributed by atoms with E-state index in [4.69, 9.17) is 0 Å². The van der Waals surface area contributed by atoms with Crippen LogP contribution in [0, 0.1) is 0 Å². The topological polar surface area (TPSA) is 19.9 Å². The standard InChI is InChI=1S/C8H15O/c1-3-4-5-6-7-8(2)9/h6-8H,3-5H2,1-2H3. The minimum absolute atomic E-state index is 0.526. The van der Waals surface area contributed by atoms with Crippen LogP contribution in [0.25, 0.3) is 0 Å². The molecule has 0 aromatic heterocycles. The van der Waals surface area contributed by atoms with Crippen molar-refractivity contribution in [2.75, 3.05) is 0 Å². The molecule has 53 valence electrons. The molecule has 0 bridgehead atoms. The second-order valence-electron chi connectivity index (χ2n) is 2.28. The Morgan fingerprint density at radius 3 is 2.67 bits per heavy atom. The lowest BCUT2D eigenvalue weighted by atomic mass is 10.2. The highest BCUT2D eigenvalue weighted by molar-refractivity contribution is 4.85. The van der Waals surface area contributed by atoms with Crippen LogP contribution in [0.1, 0.15) is 33.1 Å². The molecule has 1 unspecified atom stereocenters. The maximum Gasteiger partial charge on any atom is 0.108 e. The highest BCUT2D eigenvalue weighted by Gasteiger charge is 1.85. The predicted octanol–water partition coefficient (Wildman–Crippen LogP) is 2.55. The Morgan fingerprint density at radius 1 is 1.56 bits per heavy atom. The van der Waals surface area contributed by atoms with E-state index >= 15 is 0 Å². The Hall–Kier alpha value is -0.300. The Bertz CT molecular complexity index is 74.6. The summed E-state index contributed by atoms with van der Waals surface area (Å²) < 4.78 is 0. The summed E-state index contributed by atoms with van der Waals surface area (Å²) in [6.07, 6.45) is 6.63. The van der Waals surface area contributed by atoms with Crippen molar-refractivity contribution in [3.05, 3.63) is 12.2 Å². The third-order valence-electron chi connectivity index (χ3n) is 1.13. The lowest BCUT2D eigenvalue weighted by Crippen LogP contribution is -1.88. The maximum absolute atomic E-state index is 10.4. The van der Waals surface area contributed by atoms with Gasteiger partial charge in [0.15, 0.2) is 0 Å². The van der Waals surface area contributed by atoms with Crippen molar-refractivity contribution in [1.29, 1.82) is 0 Å². The van der Waals surface area contributed by atoms with Gasteiger partial charge in [0, 0.05) is 0 Å². The largest absolute Gasteiger partial charge is 0.229 e. The molecule has 0 spiro atoms. The van der Waals surface area contributed by atoms with Crippen LogP contribution in [-0.2, 0) is 5.11 Å². The average molecular weight is 127 g/mol. The molecule has 1 nitrogen and oxygen atoms in total. The van der Waals surface area contributed by atoms with Crippen molar-refractivity contribution < 1.29 is 5.11 Å². The van der Waals surface area contributed by atoms with Gasteiger partial charge in [0.2, 0.25) is 0 Å². The van der Waals surface area contributed by atoms with Gasteiger partial charge in [-0.25, -0.2) is 5.11 Å². The van der Waals surface area contributed by atoms with Gasteiger partial charge in [0.05, 0.1) is 0 Å². The molecule has 0 aromatic rings. The zero-order valence-corrected chi connectivity index (χ0v) is 6.26. The molecule has 0 fully saturated rings. The van der Waals surface area contributed by atoms with Crippen molar-refractivity contribution in [2.45, 2.75) is 39.2 Å². The van der Waals surface area contributed by atoms with Gasteiger partial charge < -0.3 is 0 Å². The Kier molecular flexibility index (Phi) is 5.64. The first-order valence-corrected chi connectivity index (χ1v) is 3.60. The van der Waals surface area contributed by atoms with Crippen molar-refractivity contribution in [3.8, 4) is 0 Å². The quantitative estimate of drug-likeness (QED) is 0.408. The summed E-state index contributed by atoms with van der Waals surface area (Å²) in [7, 11) is 0. The number of allylic oxidation sites excluding steroid dienone is 1. The smallest absolute Gasteiger partial charge is 0.108 e. The molecule has 1 radical (unpaired) electrons. The first-order chi connectivity index (χ1) is 4.27. The van der Waals surface area contributed by atoms with Crippen LogP contribution in [0.15, 0.2) is 12.2 Å². The lowest BCUT2D eigenvalue weighted by Gasteiger charge is -1.89. The van der Waals surface area contributed by atoms with E-state index in [-0.39, 0.29) is 0 Å². The van der Waals surface area contributed by atoms with Gasteiger partial charge in [0.25, 0.3) is 0 Å². The van der Waals surface area contributed by atoms with Gasteiger partial charge in [-0.1, -0.05) is 31.9 Å². The minimum Gasteiger partial charge on any atom is -0.229 e. The molecule has 0 aliphatic heterocycles. The highest BCUT2D eigenvalue weighted by atomic mass is 16.3. The molecule has 0 saturated heterocycles. The zero-order valence-electron chi connectivity index (χ0n) is 6.26. The van der Waals surface area contributed by atoms with Crippen molar-refractivity contribution in [2.24, 2.45) is 0 Å². The van der Waals surface area contributed by atoms with E-state index < -0.39 is 6.10 Å². The van der Waals surface area contributed by atoms with Crippen molar-refractivity contribution in [3.63, 3.8) is 0 Å². The summed E-state index contributed by atoms with van der Waals surface area (Å²) >= 11 is 0. The number of unbranched alkanes of at least 4 members (excludes halogenated alkanes) is 2. The molecule has 0 N–H and O–H groups in total. The summed E-state index contributed by atoms with van der Waals surface area (Å²) in [6, 6.07) is 0. The molecule has 0 heterocycles. The van der Waals surface area contributed by atoms with E-state index in [9.17, 15) is 5.11 Å². The predicted molar refractivity (Wildman–Crippen MR) is 38.8 cm³/mol. The van der Waals surface area contributed by atoms with E-state index in [1.54, 1.807) is 13.0 Å². The molecule has 1 atom stereocenters. The average Bonchev–Trinajstić information content (AvgIpc) is 1.80. The summed E-state index contributed by atoms with van der Waals surface area (Å²) in [6.45, 7) is 3.80. The summed E-state index contributed by atoms with van der Waals surface area (Å²) in [4.78, 5) is 0. The van der Waals surface area contributed by atoms with E-state index in [1.807, 2.05) is 6.08 Å². The fourth-order valence-corrected chi connectivity index (χ4v) is 0.610. The van der Waals surface area contributed by atoms with Crippen LogP contribution in [0.5, 0.6) is 0 Å². The molecule has 0 saturated carbocycles. The van der Waals surface area contributed by atoms with Gasteiger partial charge >= 0.3 is 0 Å². The Morgan fingerprint density at radius 2 is 2.22 bits per heavy atom. The van der Waals surface area contributed by atoms with Gasteiger partial charge in [-0.15, -0.1) is 0 Å². The normalized spacial score (nSPS) is 14.6. The fraction of sp³-hybridized carbons (Fsp3) is 0.750. The maximum atomic E-state index is 10.4. The summed E-state index contributed by atoms with van der Waals surface area (Å²) in [5.41, 5.74) is 0. The first-order valence-electron chi connectivity index (χ1n) is 3.60. The van der Waals surface area contributed by atoms with Crippen LogP contribution in [0.3, 0.4) is 0 Å². The molecule has 0 amide bonds. The van der Waals surface area contributed by atoms with Gasteiger partial charge in [-0.2, -0.15) is 0 Å². The van der Waals surface area contributed by atoms with Crippen LogP contribution < -0.4 is 0 Å². The first kappa shape index (κ1) is 8.70. The van der Waals surface area contributed by atoms with Crippen LogP contribution in [0.4, 0.5) is 0 Å². The molecule has 0 rings (SSSR count). The van der Waals surface area contributed by atoms with Gasteiger partial charge in [0.1, 0.15) is 6.10 Å². The molecule has 9 heavy (non-hydrogen) atoms. The monoisotopic (exact) mass is 127 g/mol. The minimum atomic E-state index is -0.526. The van der Waals surface area contributed by atoms with E-state index in [0.717, 1.165) is 6.42 Å². The third kappa shape index (κ3) is 7.70. The van der Waals surface area contributed by atoms with E-state index in [1.165, 1.54) is 12.8 Å². The third-order valence-corrected chi connectivity index (χ3v) is 1.13. The molecular weight excluding hydrogens is 112 g/mol. The molecule has 1 heteroatoms. The molecule has 0 aliphatic rings. The Balaban J connectivity index is 3.04. The molecule has 0 aliphatic carbocycles. The lowest BCUT2D eigenvalue weighted by molar-refractivity contribution is 0.146. The number of rotatable bonds is 4. The van der Waals surface area contributed by atoms with Gasteiger partial charge in [-0.05, 0) is 13.3 Å². The van der Waals surface area contributed by atoms with Crippen LogP contribution in [0.2, 0.25) is 0 Å². The second kappa shape index (κ2) is 5.83. The summed E-state index contributed by atoms with van der Waals surface area (Å²) in [5, 5.41) is 10.4. The van der Waals surface area contributed by atoms with E-state index in [2.05, 4.69) is 6.92 Å². The Labute approximate surface area is 57.4 Å². The highest BCUT2D eigenvalue weighted by Crippen LogP contribution is 1.95. The van der Waals surface area contributed by atoms with Crippen LogP contribution >= 0.6 is 0 Å². The summed E-state index contributed by atoms with van der Waals surface area (Å²) in [5.74, 6) is 0. The zero-order chi connectivity index (χ0) is 7.11. The van der Waals surface area contributed by atoms with Crippen molar-refractivity contribution >= 4 is 0 Å². The second-order valence-corrected chi connectivity index (χ2v) is 2.28. The van der Waals surface area contributed by atoms with Crippen molar-refractivity contribution in [1.82, 2.24) is 0 Å². The van der Waals surface area contributed by atoms with Crippen LogP contribution in [-0.4, -0.2) is 6.10 Å². The fourth-order valence-electron chi connectivity index (χ4n) is 0.610. The molecule has 0 aromatic carbocycles.